The molecule has 0 bridgehead atoms. The average molecular weight is 315 g/mol. The van der Waals surface area contributed by atoms with Crippen LogP contribution in [0.4, 0.5) is 13.2 Å². The highest BCUT2D eigenvalue weighted by molar-refractivity contribution is 9.10. The number of alkyl halides is 3. The summed E-state index contributed by atoms with van der Waals surface area (Å²) < 4.78 is 49.7. The summed E-state index contributed by atoms with van der Waals surface area (Å²) in [5, 5.41) is 0. The molecule has 96 valence electrons. The summed E-state index contributed by atoms with van der Waals surface area (Å²) in [6, 6.07) is 4.21. The van der Waals surface area contributed by atoms with Crippen molar-refractivity contribution in [2.45, 2.75) is 13.0 Å². The second-order valence-electron chi connectivity index (χ2n) is 3.07. The van der Waals surface area contributed by atoms with Crippen molar-refractivity contribution in [1.82, 2.24) is 0 Å². The molecule has 3 nitrogen and oxygen atoms in total. The second-order valence-corrected chi connectivity index (χ2v) is 3.92. The summed E-state index contributed by atoms with van der Waals surface area (Å²) in [7, 11) is 1.48. The molecule has 7 heteroatoms. The minimum atomic E-state index is -4.70. The molecule has 17 heavy (non-hydrogen) atoms. The fraction of sp³-hybridized carbons (Fsp3) is 0.400. The van der Waals surface area contributed by atoms with Gasteiger partial charge in [0, 0.05) is 7.11 Å². The second kappa shape index (κ2) is 6.23. The maximum atomic E-state index is 12.0. The first-order valence-electron chi connectivity index (χ1n) is 4.53. The van der Waals surface area contributed by atoms with Crippen molar-refractivity contribution in [2.75, 3.05) is 13.9 Å². The summed E-state index contributed by atoms with van der Waals surface area (Å²) in [6.07, 6.45) is -4.70. The number of methoxy groups -OCH3 is 1. The molecule has 0 heterocycles. The van der Waals surface area contributed by atoms with Gasteiger partial charge in [0.15, 0.2) is 0 Å². The van der Waals surface area contributed by atoms with Gasteiger partial charge in [-0.05, 0) is 33.6 Å². The molecule has 0 radical (unpaired) electrons. The molecule has 0 aliphatic carbocycles. The quantitative estimate of drug-likeness (QED) is 0.615. The number of rotatable bonds is 5. The number of hydrogen-bond donors (Lipinski definition) is 0. The predicted octanol–water partition coefficient (Wildman–Crippen LogP) is 3.47. The lowest BCUT2D eigenvalue weighted by molar-refractivity contribution is -0.274. The Morgan fingerprint density at radius 2 is 2.00 bits per heavy atom. The SMILES string of the molecule is COCOCc1ccc(OC(F)(F)F)c(Br)c1. The van der Waals surface area contributed by atoms with E-state index in [1.165, 1.54) is 25.3 Å². The number of benzene rings is 1. The van der Waals surface area contributed by atoms with Gasteiger partial charge in [0.1, 0.15) is 12.5 Å². The van der Waals surface area contributed by atoms with Crippen LogP contribution in [0.25, 0.3) is 0 Å². The molecule has 0 spiro atoms. The Kier molecular flexibility index (Phi) is 5.23. The first-order valence-corrected chi connectivity index (χ1v) is 5.32. The van der Waals surface area contributed by atoms with E-state index in [0.717, 1.165) is 0 Å². The normalized spacial score (nSPS) is 11.6. The van der Waals surface area contributed by atoms with Crippen molar-refractivity contribution in [1.29, 1.82) is 0 Å². The van der Waals surface area contributed by atoms with E-state index in [-0.39, 0.29) is 23.6 Å². The van der Waals surface area contributed by atoms with E-state index < -0.39 is 6.36 Å². The number of halogens is 4. The van der Waals surface area contributed by atoms with Gasteiger partial charge >= 0.3 is 6.36 Å². The van der Waals surface area contributed by atoms with E-state index >= 15 is 0 Å². The van der Waals surface area contributed by atoms with Crippen LogP contribution in [-0.2, 0) is 16.1 Å². The van der Waals surface area contributed by atoms with Crippen molar-refractivity contribution in [2.24, 2.45) is 0 Å². The molecular formula is C10H10BrF3O3. The Morgan fingerprint density at radius 1 is 1.29 bits per heavy atom. The zero-order valence-corrected chi connectivity index (χ0v) is 10.5. The van der Waals surface area contributed by atoms with Crippen molar-refractivity contribution in [3.63, 3.8) is 0 Å². The highest BCUT2D eigenvalue weighted by Crippen LogP contribution is 2.31. The van der Waals surface area contributed by atoms with E-state index in [4.69, 9.17) is 4.74 Å². The Hall–Kier alpha value is -0.790. The highest BCUT2D eigenvalue weighted by atomic mass is 79.9. The van der Waals surface area contributed by atoms with Crippen LogP contribution in [0.5, 0.6) is 5.75 Å². The van der Waals surface area contributed by atoms with Crippen molar-refractivity contribution in [3.8, 4) is 5.75 Å². The first-order chi connectivity index (χ1) is 7.92. The molecule has 1 aromatic rings. The summed E-state index contributed by atoms with van der Waals surface area (Å²) >= 11 is 3.00. The van der Waals surface area contributed by atoms with Crippen LogP contribution in [0, 0.1) is 0 Å². The third-order valence-corrected chi connectivity index (χ3v) is 2.31. The predicted molar refractivity (Wildman–Crippen MR) is 57.5 cm³/mol. The van der Waals surface area contributed by atoms with Gasteiger partial charge < -0.3 is 14.2 Å². The molecule has 0 saturated heterocycles. The summed E-state index contributed by atoms with van der Waals surface area (Å²) in [4.78, 5) is 0. The smallest absolute Gasteiger partial charge is 0.405 e. The fourth-order valence-electron chi connectivity index (χ4n) is 1.08. The van der Waals surface area contributed by atoms with Crippen molar-refractivity contribution in [3.05, 3.63) is 28.2 Å². The zero-order valence-electron chi connectivity index (χ0n) is 8.88. The molecule has 0 N–H and O–H groups in total. The maximum Gasteiger partial charge on any atom is 0.573 e. The molecule has 0 aromatic heterocycles. The molecule has 0 aliphatic rings. The average Bonchev–Trinajstić information content (AvgIpc) is 2.21. The van der Waals surface area contributed by atoms with Crippen LogP contribution in [0.1, 0.15) is 5.56 Å². The summed E-state index contributed by atoms with van der Waals surface area (Å²) in [6.45, 7) is 0.372. The first kappa shape index (κ1) is 14.3. The zero-order chi connectivity index (χ0) is 12.9. The van der Waals surface area contributed by atoms with Gasteiger partial charge in [-0.2, -0.15) is 0 Å². The lowest BCUT2D eigenvalue weighted by atomic mass is 10.2. The molecule has 0 unspecified atom stereocenters. The Morgan fingerprint density at radius 3 is 2.53 bits per heavy atom. The van der Waals surface area contributed by atoms with Gasteiger partial charge in [0.25, 0.3) is 0 Å². The molecule has 1 aromatic carbocycles. The van der Waals surface area contributed by atoms with E-state index in [1.54, 1.807) is 0 Å². The highest BCUT2D eigenvalue weighted by Gasteiger charge is 2.31. The third-order valence-electron chi connectivity index (χ3n) is 1.69. The van der Waals surface area contributed by atoms with Crippen molar-refractivity contribution >= 4 is 15.9 Å². The van der Waals surface area contributed by atoms with Gasteiger partial charge in [-0.25, -0.2) is 0 Å². The molecule has 0 atom stereocenters. The van der Waals surface area contributed by atoms with Crippen molar-refractivity contribution < 1.29 is 27.4 Å². The number of hydrogen-bond acceptors (Lipinski definition) is 3. The van der Waals surface area contributed by atoms with E-state index in [1.807, 2.05) is 0 Å². The van der Waals surface area contributed by atoms with E-state index in [2.05, 4.69) is 25.4 Å². The number of ether oxygens (including phenoxy) is 3. The van der Waals surface area contributed by atoms with Crippen LogP contribution < -0.4 is 4.74 Å². The van der Waals surface area contributed by atoms with E-state index in [9.17, 15) is 13.2 Å². The lowest BCUT2D eigenvalue weighted by Crippen LogP contribution is -2.17. The standard InChI is InChI=1S/C10H10BrF3O3/c1-15-6-16-5-7-2-3-9(8(11)4-7)17-10(12,13)14/h2-4H,5-6H2,1H3. The lowest BCUT2D eigenvalue weighted by Gasteiger charge is -2.11. The Balaban J connectivity index is 2.66. The summed E-state index contributed by atoms with van der Waals surface area (Å²) in [5.74, 6) is -0.284. The summed E-state index contributed by atoms with van der Waals surface area (Å²) in [5.41, 5.74) is 0.712. The van der Waals surface area contributed by atoms with Crippen LogP contribution in [0.15, 0.2) is 22.7 Å². The topological polar surface area (TPSA) is 27.7 Å². The maximum absolute atomic E-state index is 12.0. The largest absolute Gasteiger partial charge is 0.573 e. The molecule has 1 rings (SSSR count). The Labute approximate surface area is 105 Å². The third kappa shape index (κ3) is 5.38. The molecular weight excluding hydrogens is 305 g/mol. The van der Waals surface area contributed by atoms with Gasteiger partial charge in [-0.15, -0.1) is 13.2 Å². The van der Waals surface area contributed by atoms with Gasteiger partial charge in [0.05, 0.1) is 11.1 Å². The molecule has 0 fully saturated rings. The minimum absolute atomic E-state index is 0.123. The van der Waals surface area contributed by atoms with Crippen LogP contribution in [0.3, 0.4) is 0 Å². The monoisotopic (exact) mass is 314 g/mol. The molecule has 0 aliphatic heterocycles. The van der Waals surface area contributed by atoms with Gasteiger partial charge in [0.2, 0.25) is 0 Å². The van der Waals surface area contributed by atoms with Gasteiger partial charge in [-0.1, -0.05) is 6.07 Å². The van der Waals surface area contributed by atoms with Gasteiger partial charge in [-0.3, -0.25) is 0 Å². The fourth-order valence-corrected chi connectivity index (χ4v) is 1.59. The van der Waals surface area contributed by atoms with Crippen LogP contribution in [-0.4, -0.2) is 20.3 Å². The van der Waals surface area contributed by atoms with Crippen LogP contribution in [0.2, 0.25) is 0 Å². The molecule has 0 amide bonds. The van der Waals surface area contributed by atoms with E-state index in [0.29, 0.717) is 5.56 Å². The minimum Gasteiger partial charge on any atom is -0.405 e. The Bertz CT molecular complexity index is 368. The molecule has 0 saturated carbocycles. The van der Waals surface area contributed by atoms with Crippen LogP contribution >= 0.6 is 15.9 Å².